The molecule has 0 bridgehead atoms. The zero-order chi connectivity index (χ0) is 27.7. The van der Waals surface area contributed by atoms with Crippen LogP contribution < -0.4 is 15.5 Å². The minimum Gasteiger partial charge on any atom is -0.353 e. The van der Waals surface area contributed by atoms with Gasteiger partial charge < -0.3 is 20.4 Å². The number of anilines is 4. The first-order chi connectivity index (χ1) is 17.8. The van der Waals surface area contributed by atoms with Crippen LogP contribution in [0.2, 0.25) is 0 Å². The number of carbonyl (C=O) groups is 1. The van der Waals surface area contributed by atoms with Gasteiger partial charge in [-0.05, 0) is 44.2 Å². The smallest absolute Gasteiger partial charge is 0.353 e. The first-order valence-electron chi connectivity index (χ1n) is 11.6. The molecular weight excluding hydrogens is 514 g/mol. The van der Waals surface area contributed by atoms with Gasteiger partial charge in [0.2, 0.25) is 0 Å². The highest BCUT2D eigenvalue weighted by molar-refractivity contribution is 5.89. The number of hydrogen-bond acceptors (Lipinski definition) is 5. The van der Waals surface area contributed by atoms with E-state index in [0.717, 1.165) is 11.3 Å². The molecule has 1 aliphatic heterocycles. The molecule has 0 spiro atoms. The van der Waals surface area contributed by atoms with Gasteiger partial charge in [0.05, 0.1) is 11.1 Å². The van der Waals surface area contributed by atoms with Crippen molar-refractivity contribution in [3.8, 4) is 0 Å². The third kappa shape index (κ3) is 6.64. The molecule has 1 aromatic heterocycles. The van der Waals surface area contributed by atoms with E-state index < -0.39 is 35.2 Å². The minimum absolute atomic E-state index is 0.0140. The Bertz CT molecular complexity index is 1270. The first-order valence-corrected chi connectivity index (χ1v) is 11.6. The van der Waals surface area contributed by atoms with Gasteiger partial charge in [0, 0.05) is 43.6 Å². The molecule has 7 nitrogen and oxygen atoms in total. The van der Waals surface area contributed by atoms with Crippen LogP contribution in [0.4, 0.5) is 54.1 Å². The summed E-state index contributed by atoms with van der Waals surface area (Å²) in [4.78, 5) is 24.8. The average molecular weight is 538 g/mol. The quantitative estimate of drug-likeness (QED) is 0.386. The lowest BCUT2D eigenvalue weighted by molar-refractivity contribution is -0.143. The number of rotatable bonds is 4. The van der Waals surface area contributed by atoms with E-state index >= 15 is 0 Å². The minimum atomic E-state index is -5.00. The van der Waals surface area contributed by atoms with Crippen LogP contribution in [-0.4, -0.2) is 47.1 Å². The number of benzene rings is 2. The molecule has 1 fully saturated rings. The summed E-state index contributed by atoms with van der Waals surface area (Å²) in [5, 5.41) is 5.40. The molecule has 1 saturated heterocycles. The van der Waals surface area contributed by atoms with E-state index in [1.807, 2.05) is 36.1 Å². The largest absolute Gasteiger partial charge is 0.416 e. The molecular formula is C25H24F6N6O. The van der Waals surface area contributed by atoms with Crippen LogP contribution in [0.15, 0.2) is 48.5 Å². The summed E-state index contributed by atoms with van der Waals surface area (Å²) in [6.45, 7) is 4.80. The maximum absolute atomic E-state index is 13.1. The van der Waals surface area contributed by atoms with Crippen molar-refractivity contribution in [3.63, 3.8) is 0 Å². The Balaban J connectivity index is 1.42. The molecule has 2 N–H and O–H groups in total. The van der Waals surface area contributed by atoms with Gasteiger partial charge in [-0.3, -0.25) is 0 Å². The normalized spacial score (nSPS) is 14.4. The van der Waals surface area contributed by atoms with E-state index in [0.29, 0.717) is 42.7 Å². The van der Waals surface area contributed by atoms with Crippen molar-refractivity contribution in [1.82, 2.24) is 14.9 Å². The maximum atomic E-state index is 13.1. The topological polar surface area (TPSA) is 73.4 Å². The van der Waals surface area contributed by atoms with Crippen molar-refractivity contribution in [3.05, 3.63) is 71.0 Å². The van der Waals surface area contributed by atoms with Crippen LogP contribution in [-0.2, 0) is 12.4 Å². The fraction of sp³-hybridized carbons (Fsp3) is 0.320. The lowest BCUT2D eigenvalue weighted by Gasteiger charge is -2.35. The molecule has 2 heterocycles. The molecule has 0 aliphatic carbocycles. The first kappa shape index (κ1) is 27.0. The summed E-state index contributed by atoms with van der Waals surface area (Å²) < 4.78 is 78.7. The van der Waals surface area contributed by atoms with Crippen molar-refractivity contribution in [2.75, 3.05) is 41.7 Å². The fourth-order valence-electron chi connectivity index (χ4n) is 3.93. The van der Waals surface area contributed by atoms with Crippen LogP contribution in [0.1, 0.15) is 22.5 Å². The monoisotopic (exact) mass is 538 g/mol. The van der Waals surface area contributed by atoms with Crippen molar-refractivity contribution < 1.29 is 31.1 Å². The summed E-state index contributed by atoms with van der Waals surface area (Å²) >= 11 is 0. The number of halogens is 6. The highest BCUT2D eigenvalue weighted by Crippen LogP contribution is 2.37. The van der Waals surface area contributed by atoms with Gasteiger partial charge in [-0.1, -0.05) is 17.7 Å². The third-order valence-corrected chi connectivity index (χ3v) is 5.88. The number of aromatic nitrogens is 2. The van der Waals surface area contributed by atoms with Crippen molar-refractivity contribution >= 4 is 29.0 Å². The van der Waals surface area contributed by atoms with Crippen molar-refractivity contribution in [1.29, 1.82) is 0 Å². The number of nitrogens with zero attached hydrogens (tertiary/aromatic N) is 4. The molecule has 13 heteroatoms. The van der Waals surface area contributed by atoms with Crippen molar-refractivity contribution in [2.45, 2.75) is 26.2 Å². The highest BCUT2D eigenvalue weighted by Gasteiger charge is 2.37. The second kappa shape index (κ2) is 10.4. The Morgan fingerprint density at radius 2 is 1.37 bits per heavy atom. The predicted molar refractivity (Wildman–Crippen MR) is 130 cm³/mol. The van der Waals surface area contributed by atoms with Crippen LogP contribution in [0.25, 0.3) is 0 Å². The molecule has 0 radical (unpaired) electrons. The standard InChI is InChI=1S/C25H24F6N6O/c1-15-3-5-19(6-4-15)34-21-14-22(33-16(2)32-21)36-7-9-37(10-8-36)23(38)35-20-12-17(24(26,27)28)11-18(13-20)25(29,30)31/h3-6,11-14H,7-10H2,1-2H3,(H,35,38)(H,32,33,34). The van der Waals surface area contributed by atoms with Gasteiger partial charge in [0.1, 0.15) is 17.5 Å². The molecule has 4 rings (SSSR count). The van der Waals surface area contributed by atoms with Crippen molar-refractivity contribution in [2.24, 2.45) is 0 Å². The zero-order valence-electron chi connectivity index (χ0n) is 20.4. The number of piperazine rings is 1. The molecule has 1 aliphatic rings. The van der Waals surface area contributed by atoms with Crippen LogP contribution >= 0.6 is 0 Å². The van der Waals surface area contributed by atoms with Gasteiger partial charge in [-0.2, -0.15) is 26.3 Å². The zero-order valence-corrected chi connectivity index (χ0v) is 20.4. The summed E-state index contributed by atoms with van der Waals surface area (Å²) in [6, 6.07) is 9.72. The summed E-state index contributed by atoms with van der Waals surface area (Å²) in [7, 11) is 0. The Morgan fingerprint density at radius 3 is 1.92 bits per heavy atom. The van der Waals surface area contributed by atoms with E-state index in [-0.39, 0.29) is 19.2 Å². The Kier molecular flexibility index (Phi) is 7.38. The van der Waals surface area contributed by atoms with Crippen LogP contribution in [0.5, 0.6) is 0 Å². The van der Waals surface area contributed by atoms with Crippen LogP contribution in [0, 0.1) is 13.8 Å². The number of alkyl halides is 6. The Morgan fingerprint density at radius 1 is 0.789 bits per heavy atom. The highest BCUT2D eigenvalue weighted by atomic mass is 19.4. The van der Waals surface area contributed by atoms with E-state index in [4.69, 9.17) is 0 Å². The van der Waals surface area contributed by atoms with Gasteiger partial charge in [-0.15, -0.1) is 0 Å². The molecule has 3 aromatic rings. The average Bonchev–Trinajstić information content (AvgIpc) is 2.84. The van der Waals surface area contributed by atoms with E-state index in [1.54, 1.807) is 13.0 Å². The molecule has 2 amide bonds. The van der Waals surface area contributed by atoms with Gasteiger partial charge in [-0.25, -0.2) is 14.8 Å². The van der Waals surface area contributed by atoms with E-state index in [9.17, 15) is 31.1 Å². The predicted octanol–water partition coefficient (Wildman–Crippen LogP) is 6.23. The number of carbonyl (C=O) groups excluding carboxylic acids is 1. The van der Waals surface area contributed by atoms with Crippen LogP contribution in [0.3, 0.4) is 0 Å². The molecule has 0 unspecified atom stereocenters. The summed E-state index contributed by atoms with van der Waals surface area (Å²) in [6.07, 6.45) is -10.0. The van der Waals surface area contributed by atoms with Gasteiger partial charge in [0.15, 0.2) is 0 Å². The summed E-state index contributed by atoms with van der Waals surface area (Å²) in [5.41, 5.74) is -1.61. The maximum Gasteiger partial charge on any atom is 0.416 e. The SMILES string of the molecule is Cc1ccc(Nc2cc(N3CCN(C(=O)Nc4cc(C(F)(F)F)cc(C(F)(F)F)c4)CC3)nc(C)n2)cc1. The van der Waals surface area contributed by atoms with Gasteiger partial charge in [0.25, 0.3) is 0 Å². The molecule has 0 saturated carbocycles. The third-order valence-electron chi connectivity index (χ3n) is 5.88. The molecule has 0 atom stereocenters. The second-order valence-electron chi connectivity index (χ2n) is 8.85. The number of hydrogen-bond donors (Lipinski definition) is 2. The molecule has 2 aromatic carbocycles. The fourth-order valence-corrected chi connectivity index (χ4v) is 3.93. The number of urea groups is 1. The van der Waals surface area contributed by atoms with E-state index in [2.05, 4.69) is 20.6 Å². The summed E-state index contributed by atoms with van der Waals surface area (Å²) in [5.74, 6) is 1.74. The molecule has 38 heavy (non-hydrogen) atoms. The number of amides is 2. The lowest BCUT2D eigenvalue weighted by Crippen LogP contribution is -2.50. The van der Waals surface area contributed by atoms with E-state index in [1.165, 1.54) is 4.90 Å². The van der Waals surface area contributed by atoms with Gasteiger partial charge >= 0.3 is 18.4 Å². The second-order valence-corrected chi connectivity index (χ2v) is 8.85. The Hall–Kier alpha value is -4.03. The number of aryl methyl sites for hydroxylation is 2. The Labute approximate surface area is 214 Å². The lowest BCUT2D eigenvalue weighted by atomic mass is 10.1. The molecule has 202 valence electrons. The number of nitrogens with one attached hydrogen (secondary N) is 2.